The van der Waals surface area contributed by atoms with Crippen LogP contribution in [-0.4, -0.2) is 49.0 Å². The largest absolute Gasteiger partial charge is 0.369 e. The Morgan fingerprint density at radius 3 is 2.61 bits per heavy atom. The molecule has 0 atom stereocenters. The van der Waals surface area contributed by atoms with Gasteiger partial charge in [0.05, 0.1) is 11.2 Å². The van der Waals surface area contributed by atoms with Gasteiger partial charge in [-0.1, -0.05) is 0 Å². The number of carbonyl (C=O) groups excluding carboxylic acids is 1. The van der Waals surface area contributed by atoms with E-state index in [-0.39, 0.29) is 5.91 Å². The van der Waals surface area contributed by atoms with Crippen LogP contribution in [-0.2, 0) is 4.79 Å². The molecule has 1 amide bonds. The summed E-state index contributed by atoms with van der Waals surface area (Å²) >= 11 is 1.51. The van der Waals surface area contributed by atoms with E-state index in [4.69, 9.17) is 0 Å². The minimum atomic E-state index is -0.148. The number of benzene rings is 1. The number of nitrogens with zero attached hydrogens (tertiary/aromatic N) is 3. The first-order valence-electron chi connectivity index (χ1n) is 7.61. The quantitative estimate of drug-likeness (QED) is 0.876. The van der Waals surface area contributed by atoms with Crippen molar-refractivity contribution in [3.8, 4) is 0 Å². The van der Waals surface area contributed by atoms with Gasteiger partial charge in [0.25, 0.3) is 0 Å². The Morgan fingerprint density at radius 1 is 1.22 bits per heavy atom. The third-order valence-corrected chi connectivity index (χ3v) is 4.46. The van der Waals surface area contributed by atoms with Gasteiger partial charge in [-0.2, -0.15) is 0 Å². The molecule has 2 aromatic rings. The van der Waals surface area contributed by atoms with Crippen molar-refractivity contribution in [1.29, 1.82) is 0 Å². The lowest BCUT2D eigenvalue weighted by Gasteiger charge is -2.34. The minimum Gasteiger partial charge on any atom is -0.369 e. The number of nitrogens with one attached hydrogen (secondary N) is 1. The molecule has 1 saturated heterocycles. The highest BCUT2D eigenvalue weighted by atomic mass is 32.1. The molecule has 0 radical (unpaired) electrons. The Balaban J connectivity index is 1.56. The molecule has 1 aliphatic heterocycles. The highest BCUT2D eigenvalue weighted by Crippen LogP contribution is 2.19. The molecule has 1 fully saturated rings. The van der Waals surface area contributed by atoms with Crippen LogP contribution < -0.4 is 10.2 Å². The maximum atomic E-state index is 11.9. The van der Waals surface area contributed by atoms with E-state index in [1.165, 1.54) is 23.1 Å². The van der Waals surface area contributed by atoms with Crippen LogP contribution in [0.4, 0.5) is 11.4 Å². The second kappa shape index (κ2) is 7.39. The lowest BCUT2D eigenvalue weighted by Crippen LogP contribution is -2.44. The summed E-state index contributed by atoms with van der Waals surface area (Å²) in [5, 5.41) is 4.76. The smallest absolute Gasteiger partial charge is 0.248 e. The molecule has 3 rings (SSSR count). The lowest BCUT2D eigenvalue weighted by molar-refractivity contribution is -0.111. The summed E-state index contributed by atoms with van der Waals surface area (Å²) in [5.74, 6) is -0.148. The van der Waals surface area contributed by atoms with E-state index in [1.54, 1.807) is 11.6 Å². The van der Waals surface area contributed by atoms with Gasteiger partial charge in [0.2, 0.25) is 5.91 Å². The number of amides is 1. The normalized spacial score (nSPS) is 16.0. The SMILES string of the molecule is CN1CCN(c2ccc(NC(=O)C=Cc3cscn3)cc2)CC1. The molecule has 0 aliphatic carbocycles. The minimum absolute atomic E-state index is 0.148. The predicted octanol–water partition coefficient (Wildman–Crippen LogP) is 2.55. The molecule has 0 spiro atoms. The molecule has 1 N–H and O–H groups in total. The predicted molar refractivity (Wildman–Crippen MR) is 95.9 cm³/mol. The molecule has 120 valence electrons. The van der Waals surface area contributed by atoms with Crippen LogP contribution in [0.3, 0.4) is 0 Å². The van der Waals surface area contributed by atoms with Crippen molar-refractivity contribution in [3.63, 3.8) is 0 Å². The van der Waals surface area contributed by atoms with E-state index in [1.807, 2.05) is 17.5 Å². The van der Waals surface area contributed by atoms with Gasteiger partial charge in [0.15, 0.2) is 0 Å². The van der Waals surface area contributed by atoms with E-state index in [2.05, 4.69) is 39.3 Å². The van der Waals surface area contributed by atoms with Crippen molar-refractivity contribution in [2.24, 2.45) is 0 Å². The van der Waals surface area contributed by atoms with Gasteiger partial charge in [-0.25, -0.2) is 4.98 Å². The number of likely N-dealkylation sites (N-methyl/N-ethyl adjacent to an activating group) is 1. The molecule has 2 heterocycles. The zero-order valence-electron chi connectivity index (χ0n) is 13.1. The molecular formula is C17H20N4OS. The molecule has 1 aliphatic rings. The molecule has 1 aromatic carbocycles. The van der Waals surface area contributed by atoms with Crippen LogP contribution in [0, 0.1) is 0 Å². The summed E-state index contributed by atoms with van der Waals surface area (Å²) in [6.45, 7) is 4.25. The van der Waals surface area contributed by atoms with Gasteiger partial charge in [0, 0.05) is 49.0 Å². The van der Waals surface area contributed by atoms with Crippen molar-refractivity contribution in [3.05, 3.63) is 46.9 Å². The molecule has 0 saturated carbocycles. The van der Waals surface area contributed by atoms with Crippen molar-refractivity contribution in [1.82, 2.24) is 9.88 Å². The van der Waals surface area contributed by atoms with E-state index in [0.29, 0.717) is 0 Å². The number of thiazole rings is 1. The zero-order chi connectivity index (χ0) is 16.1. The van der Waals surface area contributed by atoms with Gasteiger partial charge in [-0.3, -0.25) is 4.79 Å². The number of anilines is 2. The third-order valence-electron chi connectivity index (χ3n) is 3.86. The fraction of sp³-hybridized carbons (Fsp3) is 0.294. The first-order chi connectivity index (χ1) is 11.2. The Kier molecular flexibility index (Phi) is 5.05. The number of hydrogen-bond acceptors (Lipinski definition) is 5. The van der Waals surface area contributed by atoms with E-state index >= 15 is 0 Å². The number of piperazine rings is 1. The van der Waals surface area contributed by atoms with Gasteiger partial charge >= 0.3 is 0 Å². The van der Waals surface area contributed by atoms with E-state index in [9.17, 15) is 4.79 Å². The first kappa shape index (κ1) is 15.7. The molecular weight excluding hydrogens is 308 g/mol. The summed E-state index contributed by atoms with van der Waals surface area (Å²) in [5.41, 5.74) is 4.55. The second-order valence-electron chi connectivity index (χ2n) is 5.57. The van der Waals surface area contributed by atoms with Gasteiger partial charge < -0.3 is 15.1 Å². The summed E-state index contributed by atoms with van der Waals surface area (Å²) in [6.07, 6.45) is 3.22. The monoisotopic (exact) mass is 328 g/mol. The van der Waals surface area contributed by atoms with Crippen LogP contribution in [0.15, 0.2) is 41.2 Å². The number of hydrogen-bond donors (Lipinski definition) is 1. The molecule has 1 aromatic heterocycles. The maximum absolute atomic E-state index is 11.9. The fourth-order valence-corrected chi connectivity index (χ4v) is 2.99. The van der Waals surface area contributed by atoms with Gasteiger partial charge in [-0.15, -0.1) is 11.3 Å². The van der Waals surface area contributed by atoms with Crippen molar-refractivity contribution in [2.75, 3.05) is 43.4 Å². The Labute approximate surface area is 140 Å². The molecule has 23 heavy (non-hydrogen) atoms. The molecule has 5 nitrogen and oxygen atoms in total. The van der Waals surface area contributed by atoms with Crippen molar-refractivity contribution < 1.29 is 4.79 Å². The standard InChI is InChI=1S/C17H20N4OS/c1-20-8-10-21(11-9-20)16-5-2-14(3-6-16)19-17(22)7-4-15-12-23-13-18-15/h2-7,12-13H,8-11H2,1H3,(H,19,22). The van der Waals surface area contributed by atoms with E-state index in [0.717, 1.165) is 37.6 Å². The third kappa shape index (κ3) is 4.40. The van der Waals surface area contributed by atoms with E-state index < -0.39 is 0 Å². The summed E-state index contributed by atoms with van der Waals surface area (Å²) in [4.78, 5) is 20.7. The molecule has 0 bridgehead atoms. The van der Waals surface area contributed by atoms with Crippen LogP contribution in [0.5, 0.6) is 0 Å². The maximum Gasteiger partial charge on any atom is 0.248 e. The number of rotatable bonds is 4. The molecule has 6 heteroatoms. The average molecular weight is 328 g/mol. The lowest BCUT2D eigenvalue weighted by atomic mass is 10.2. The Morgan fingerprint density at radius 2 is 1.96 bits per heavy atom. The second-order valence-corrected chi connectivity index (χ2v) is 6.29. The topological polar surface area (TPSA) is 48.5 Å². The number of aromatic nitrogens is 1. The highest BCUT2D eigenvalue weighted by Gasteiger charge is 2.13. The van der Waals surface area contributed by atoms with Crippen LogP contribution >= 0.6 is 11.3 Å². The number of carbonyl (C=O) groups is 1. The first-order valence-corrected chi connectivity index (χ1v) is 8.56. The van der Waals surface area contributed by atoms with Crippen molar-refractivity contribution in [2.45, 2.75) is 0 Å². The van der Waals surface area contributed by atoms with Crippen molar-refractivity contribution >= 4 is 34.7 Å². The zero-order valence-corrected chi connectivity index (χ0v) is 13.9. The summed E-state index contributed by atoms with van der Waals surface area (Å²) < 4.78 is 0. The van der Waals surface area contributed by atoms with Crippen LogP contribution in [0.2, 0.25) is 0 Å². The van der Waals surface area contributed by atoms with Gasteiger partial charge in [-0.05, 0) is 37.4 Å². The Bertz CT molecular complexity index is 658. The fourth-order valence-electron chi connectivity index (χ4n) is 2.47. The summed E-state index contributed by atoms with van der Waals surface area (Å²) in [6, 6.07) is 8.01. The Hall–Kier alpha value is -2.18. The highest BCUT2D eigenvalue weighted by molar-refractivity contribution is 7.07. The van der Waals surface area contributed by atoms with Gasteiger partial charge in [0.1, 0.15) is 0 Å². The van der Waals surface area contributed by atoms with Crippen LogP contribution in [0.25, 0.3) is 6.08 Å². The van der Waals surface area contributed by atoms with Crippen LogP contribution in [0.1, 0.15) is 5.69 Å². The molecule has 0 unspecified atom stereocenters. The average Bonchev–Trinajstić information content (AvgIpc) is 3.08. The summed E-state index contributed by atoms with van der Waals surface area (Å²) in [7, 11) is 2.15.